The van der Waals surface area contributed by atoms with Crippen molar-refractivity contribution in [1.82, 2.24) is 10.2 Å². The number of nitrogens with zero attached hydrogens (tertiary/aromatic N) is 1. The molecule has 0 spiro atoms. The molecule has 0 bridgehead atoms. The molecule has 3 N–H and O–H groups in total. The Bertz CT molecular complexity index is 446. The van der Waals surface area contributed by atoms with Gasteiger partial charge in [0, 0.05) is 6.04 Å². The molecule has 3 fully saturated rings. The summed E-state index contributed by atoms with van der Waals surface area (Å²) in [5.74, 6) is -1.20. The van der Waals surface area contributed by atoms with Crippen molar-refractivity contribution in [3.63, 3.8) is 0 Å². The Hall–Kier alpha value is -1.43. The minimum absolute atomic E-state index is 0.0760. The second kappa shape index (κ2) is 3.79. The first-order valence-electron chi connectivity index (χ1n) is 6.74. The first-order valence-corrected chi connectivity index (χ1v) is 6.74. The zero-order chi connectivity index (χ0) is 13.9. The van der Waals surface area contributed by atoms with Gasteiger partial charge in [-0.2, -0.15) is 0 Å². The van der Waals surface area contributed by atoms with Gasteiger partial charge in [-0.1, -0.05) is 13.8 Å². The summed E-state index contributed by atoms with van der Waals surface area (Å²) in [7, 11) is 0. The van der Waals surface area contributed by atoms with Gasteiger partial charge in [-0.15, -0.1) is 0 Å². The van der Waals surface area contributed by atoms with Crippen molar-refractivity contribution in [3.05, 3.63) is 0 Å². The maximum absolute atomic E-state index is 12.2. The molecule has 2 saturated carbocycles. The molecule has 0 aromatic rings. The fourth-order valence-corrected chi connectivity index (χ4v) is 3.13. The van der Waals surface area contributed by atoms with E-state index in [0.717, 1.165) is 12.8 Å². The third-order valence-electron chi connectivity index (χ3n) is 4.61. The molecule has 0 aromatic heterocycles. The SMILES string of the molecule is CC1(C)C2C(=O)N(CC(NC3CC3)C(N)=O)C(=O)C21. The monoisotopic (exact) mass is 265 g/mol. The Balaban J connectivity index is 1.68. The van der Waals surface area contributed by atoms with Crippen molar-refractivity contribution >= 4 is 17.7 Å². The van der Waals surface area contributed by atoms with E-state index in [2.05, 4.69) is 5.32 Å². The highest BCUT2D eigenvalue weighted by Gasteiger charge is 2.72. The molecule has 2 aliphatic carbocycles. The van der Waals surface area contributed by atoms with Crippen LogP contribution in [-0.4, -0.2) is 41.2 Å². The molecule has 1 aliphatic heterocycles. The molecule has 3 aliphatic rings. The second-order valence-electron chi connectivity index (χ2n) is 6.46. The average molecular weight is 265 g/mol. The van der Waals surface area contributed by atoms with Crippen LogP contribution in [0.3, 0.4) is 0 Å². The number of rotatable bonds is 5. The van der Waals surface area contributed by atoms with Gasteiger partial charge < -0.3 is 11.1 Å². The van der Waals surface area contributed by atoms with E-state index < -0.39 is 11.9 Å². The number of carbonyl (C=O) groups excluding carboxylic acids is 3. The summed E-state index contributed by atoms with van der Waals surface area (Å²) in [5.41, 5.74) is 5.12. The number of hydrogen-bond acceptors (Lipinski definition) is 4. The molecule has 19 heavy (non-hydrogen) atoms. The van der Waals surface area contributed by atoms with Crippen molar-refractivity contribution in [2.75, 3.05) is 6.54 Å². The van der Waals surface area contributed by atoms with Crippen LogP contribution in [0.15, 0.2) is 0 Å². The molecule has 3 amide bonds. The predicted molar refractivity (Wildman–Crippen MR) is 66.6 cm³/mol. The van der Waals surface area contributed by atoms with Gasteiger partial charge in [-0.3, -0.25) is 19.3 Å². The highest BCUT2D eigenvalue weighted by molar-refractivity contribution is 6.10. The highest BCUT2D eigenvalue weighted by Crippen LogP contribution is 2.63. The Kier molecular flexibility index (Phi) is 2.51. The van der Waals surface area contributed by atoms with Gasteiger partial charge in [0.2, 0.25) is 17.7 Å². The number of imide groups is 1. The van der Waals surface area contributed by atoms with Crippen molar-refractivity contribution in [3.8, 4) is 0 Å². The molecule has 3 atom stereocenters. The number of primary amides is 1. The lowest BCUT2D eigenvalue weighted by Crippen LogP contribution is -2.52. The van der Waals surface area contributed by atoms with E-state index in [1.54, 1.807) is 0 Å². The largest absolute Gasteiger partial charge is 0.368 e. The lowest BCUT2D eigenvalue weighted by atomic mass is 10.1. The van der Waals surface area contributed by atoms with Gasteiger partial charge in [0.1, 0.15) is 6.04 Å². The minimum Gasteiger partial charge on any atom is -0.368 e. The fourth-order valence-electron chi connectivity index (χ4n) is 3.13. The van der Waals surface area contributed by atoms with Gasteiger partial charge in [-0.25, -0.2) is 0 Å². The standard InChI is InChI=1S/C13H19N3O3/c1-13(2)8-9(13)12(19)16(11(8)18)5-7(10(14)17)15-6-3-4-6/h6-9,15H,3-5H2,1-2H3,(H2,14,17). The third kappa shape index (κ3) is 1.85. The zero-order valence-corrected chi connectivity index (χ0v) is 11.2. The molecule has 3 unspecified atom stereocenters. The lowest BCUT2D eigenvalue weighted by Gasteiger charge is -2.24. The van der Waals surface area contributed by atoms with E-state index in [4.69, 9.17) is 5.73 Å². The summed E-state index contributed by atoms with van der Waals surface area (Å²) in [5, 5.41) is 3.09. The molecule has 0 radical (unpaired) electrons. The number of hydrogen-bond donors (Lipinski definition) is 2. The average Bonchev–Trinajstić information content (AvgIpc) is 3.17. The normalized spacial score (nSPS) is 33.3. The Morgan fingerprint density at radius 2 is 1.89 bits per heavy atom. The summed E-state index contributed by atoms with van der Waals surface area (Å²) in [4.78, 5) is 36.9. The molecule has 1 heterocycles. The van der Waals surface area contributed by atoms with E-state index >= 15 is 0 Å². The van der Waals surface area contributed by atoms with Gasteiger partial charge >= 0.3 is 0 Å². The Morgan fingerprint density at radius 1 is 1.37 bits per heavy atom. The summed E-state index contributed by atoms with van der Waals surface area (Å²) < 4.78 is 0. The van der Waals surface area contributed by atoms with E-state index in [1.807, 2.05) is 13.8 Å². The van der Waals surface area contributed by atoms with Crippen LogP contribution in [0.5, 0.6) is 0 Å². The quantitative estimate of drug-likeness (QED) is 0.639. The molecule has 6 heteroatoms. The third-order valence-corrected chi connectivity index (χ3v) is 4.61. The predicted octanol–water partition coefficient (Wildman–Crippen LogP) is -0.767. The van der Waals surface area contributed by atoms with Gasteiger partial charge in [0.05, 0.1) is 18.4 Å². The van der Waals surface area contributed by atoms with Crippen molar-refractivity contribution in [2.24, 2.45) is 23.0 Å². The molecule has 3 rings (SSSR count). The Labute approximate surface area is 111 Å². The summed E-state index contributed by atoms with van der Waals surface area (Å²) in [6.07, 6.45) is 2.04. The number of likely N-dealkylation sites (tertiary alicyclic amines) is 1. The zero-order valence-electron chi connectivity index (χ0n) is 11.2. The van der Waals surface area contributed by atoms with Crippen LogP contribution in [-0.2, 0) is 14.4 Å². The molecular formula is C13H19N3O3. The van der Waals surface area contributed by atoms with E-state index in [9.17, 15) is 14.4 Å². The number of nitrogens with one attached hydrogen (secondary N) is 1. The van der Waals surface area contributed by atoms with E-state index in [-0.39, 0.29) is 35.6 Å². The molecule has 1 saturated heterocycles. The number of piperidine rings is 1. The first kappa shape index (κ1) is 12.6. The van der Waals surface area contributed by atoms with E-state index in [0.29, 0.717) is 6.04 Å². The van der Waals surface area contributed by atoms with Crippen molar-refractivity contribution in [1.29, 1.82) is 0 Å². The fraction of sp³-hybridized carbons (Fsp3) is 0.769. The van der Waals surface area contributed by atoms with Crippen LogP contribution >= 0.6 is 0 Å². The molecule has 0 aromatic carbocycles. The van der Waals surface area contributed by atoms with Crippen LogP contribution in [0.4, 0.5) is 0 Å². The van der Waals surface area contributed by atoms with Crippen LogP contribution in [0.1, 0.15) is 26.7 Å². The van der Waals surface area contributed by atoms with E-state index in [1.165, 1.54) is 4.90 Å². The maximum atomic E-state index is 12.2. The van der Waals surface area contributed by atoms with Crippen molar-refractivity contribution < 1.29 is 14.4 Å². The van der Waals surface area contributed by atoms with Crippen LogP contribution in [0.25, 0.3) is 0 Å². The summed E-state index contributed by atoms with van der Waals surface area (Å²) >= 11 is 0. The number of fused-ring (bicyclic) bond motifs is 1. The van der Waals surface area contributed by atoms with Gasteiger partial charge in [0.25, 0.3) is 0 Å². The van der Waals surface area contributed by atoms with Crippen molar-refractivity contribution in [2.45, 2.75) is 38.8 Å². The second-order valence-corrected chi connectivity index (χ2v) is 6.46. The van der Waals surface area contributed by atoms with Crippen LogP contribution < -0.4 is 11.1 Å². The lowest BCUT2D eigenvalue weighted by molar-refractivity contribution is -0.143. The minimum atomic E-state index is -0.624. The molecule has 6 nitrogen and oxygen atoms in total. The molecular weight excluding hydrogens is 246 g/mol. The number of nitrogens with two attached hydrogens (primary N) is 1. The van der Waals surface area contributed by atoms with Gasteiger partial charge in [-0.05, 0) is 18.3 Å². The smallest absolute Gasteiger partial charge is 0.236 e. The number of carbonyl (C=O) groups is 3. The first-order chi connectivity index (χ1) is 8.84. The summed E-state index contributed by atoms with van der Waals surface area (Å²) in [6, 6.07) is -0.322. The topological polar surface area (TPSA) is 92.5 Å². The van der Waals surface area contributed by atoms with Crippen LogP contribution in [0.2, 0.25) is 0 Å². The van der Waals surface area contributed by atoms with Crippen LogP contribution in [0, 0.1) is 17.3 Å². The number of amides is 3. The summed E-state index contributed by atoms with van der Waals surface area (Å²) in [6.45, 7) is 3.94. The Morgan fingerprint density at radius 3 is 2.32 bits per heavy atom. The molecule has 104 valence electrons. The maximum Gasteiger partial charge on any atom is 0.236 e. The highest BCUT2D eigenvalue weighted by atomic mass is 16.2. The van der Waals surface area contributed by atoms with Gasteiger partial charge in [0.15, 0.2) is 0 Å².